The zero-order valence-corrected chi connectivity index (χ0v) is 16.6. The van der Waals surface area contributed by atoms with Gasteiger partial charge in [-0.05, 0) is 68.9 Å². The Kier molecular flexibility index (Phi) is 3.48. The predicted octanol–water partition coefficient (Wildman–Crippen LogP) is 4.74. The van der Waals surface area contributed by atoms with E-state index in [0.29, 0.717) is 16.9 Å². The number of rotatable bonds is 6. The van der Waals surface area contributed by atoms with Crippen LogP contribution in [0.4, 0.5) is 0 Å². The fraction of sp³-hybridized carbons (Fsp3) is 0.636. The molecule has 3 unspecified atom stereocenters. The number of benzene rings is 1. The molecular formula is C22H29NO2S. The molecule has 0 spiro atoms. The summed E-state index contributed by atoms with van der Waals surface area (Å²) in [7, 11) is -3.46. The molecule has 4 aliphatic rings. The lowest BCUT2D eigenvalue weighted by molar-refractivity contribution is 0.260. The van der Waals surface area contributed by atoms with Gasteiger partial charge in [0, 0.05) is 23.6 Å². The molecule has 26 heavy (non-hydrogen) atoms. The molecule has 0 radical (unpaired) electrons. The molecule has 1 aromatic rings. The highest BCUT2D eigenvalue weighted by Gasteiger charge is 2.81. The standard InChI is InChI=1S/C22H29NO2S/c1-3-12-21-15-23(26(24,25)19-10-4-16(2)5-11-19)14-13-22(21,18-8-9-18)20(21)17-6-7-17/h4-5,10-11,13-14,17-18,20H,3,6-9,12,15H2,1-2H3. The third-order valence-electron chi connectivity index (χ3n) is 7.51. The van der Waals surface area contributed by atoms with Crippen LogP contribution < -0.4 is 0 Å². The van der Waals surface area contributed by atoms with E-state index in [4.69, 9.17) is 0 Å². The number of fused-ring (bicyclic) bond motifs is 1. The molecule has 1 heterocycles. The van der Waals surface area contributed by atoms with E-state index in [-0.39, 0.29) is 5.41 Å². The largest absolute Gasteiger partial charge is 0.273 e. The maximum atomic E-state index is 13.3. The molecule has 0 N–H and O–H groups in total. The normalized spacial score (nSPS) is 36.1. The minimum absolute atomic E-state index is 0.191. The highest BCUT2D eigenvalue weighted by molar-refractivity contribution is 7.89. The smallest absolute Gasteiger partial charge is 0.263 e. The Morgan fingerprint density at radius 3 is 2.38 bits per heavy atom. The molecule has 1 aliphatic heterocycles. The van der Waals surface area contributed by atoms with Crippen LogP contribution >= 0.6 is 0 Å². The van der Waals surface area contributed by atoms with Crippen LogP contribution in [0.3, 0.4) is 0 Å². The second-order valence-electron chi connectivity index (χ2n) is 9.11. The molecule has 0 amide bonds. The Morgan fingerprint density at radius 2 is 1.81 bits per heavy atom. The van der Waals surface area contributed by atoms with Gasteiger partial charge in [0.25, 0.3) is 10.0 Å². The summed E-state index contributed by atoms with van der Waals surface area (Å²) in [6.45, 7) is 4.93. The first kappa shape index (κ1) is 16.9. The van der Waals surface area contributed by atoms with E-state index < -0.39 is 10.0 Å². The Morgan fingerprint density at radius 1 is 1.12 bits per heavy atom. The average Bonchev–Trinajstić information content (AvgIpc) is 3.47. The maximum Gasteiger partial charge on any atom is 0.263 e. The molecule has 1 aromatic carbocycles. The summed E-state index contributed by atoms with van der Waals surface area (Å²) in [5.74, 6) is 2.37. The van der Waals surface area contributed by atoms with Gasteiger partial charge >= 0.3 is 0 Å². The van der Waals surface area contributed by atoms with Crippen molar-refractivity contribution in [1.82, 2.24) is 4.31 Å². The van der Waals surface area contributed by atoms with E-state index >= 15 is 0 Å². The first-order valence-electron chi connectivity index (χ1n) is 10.2. The number of hydrogen-bond acceptors (Lipinski definition) is 2. The van der Waals surface area contributed by atoms with Gasteiger partial charge < -0.3 is 0 Å². The third-order valence-corrected chi connectivity index (χ3v) is 9.25. The van der Waals surface area contributed by atoms with Gasteiger partial charge in [0.2, 0.25) is 0 Å². The first-order valence-corrected chi connectivity index (χ1v) is 11.7. The van der Waals surface area contributed by atoms with Crippen LogP contribution in [0.25, 0.3) is 0 Å². The first-order chi connectivity index (χ1) is 12.5. The van der Waals surface area contributed by atoms with Crippen molar-refractivity contribution in [2.45, 2.75) is 57.3 Å². The van der Waals surface area contributed by atoms with Gasteiger partial charge in [0.15, 0.2) is 0 Å². The van der Waals surface area contributed by atoms with Crippen molar-refractivity contribution in [3.05, 3.63) is 42.1 Å². The quantitative estimate of drug-likeness (QED) is 0.724. The second kappa shape index (κ2) is 5.37. The van der Waals surface area contributed by atoms with Crippen molar-refractivity contribution in [1.29, 1.82) is 0 Å². The number of nitrogens with zero attached hydrogens (tertiary/aromatic N) is 1. The lowest BCUT2D eigenvalue weighted by Gasteiger charge is -2.34. The lowest BCUT2D eigenvalue weighted by atomic mass is 9.83. The van der Waals surface area contributed by atoms with Crippen molar-refractivity contribution in [2.24, 2.45) is 28.6 Å². The summed E-state index contributed by atoms with van der Waals surface area (Å²) < 4.78 is 28.2. The van der Waals surface area contributed by atoms with Gasteiger partial charge in [-0.25, -0.2) is 8.42 Å². The predicted molar refractivity (Wildman–Crippen MR) is 103 cm³/mol. The molecule has 0 aromatic heterocycles. The third kappa shape index (κ3) is 2.14. The summed E-state index contributed by atoms with van der Waals surface area (Å²) in [4.78, 5) is 0.418. The van der Waals surface area contributed by atoms with E-state index in [9.17, 15) is 8.42 Å². The molecule has 3 fully saturated rings. The minimum atomic E-state index is -3.46. The van der Waals surface area contributed by atoms with Crippen LogP contribution in [-0.4, -0.2) is 19.3 Å². The van der Waals surface area contributed by atoms with Crippen molar-refractivity contribution >= 4 is 10.0 Å². The monoisotopic (exact) mass is 371 g/mol. The summed E-state index contributed by atoms with van der Waals surface area (Å²) in [6.07, 6.45) is 11.9. The molecular weight excluding hydrogens is 342 g/mol. The zero-order valence-electron chi connectivity index (χ0n) is 15.8. The topological polar surface area (TPSA) is 37.4 Å². The van der Waals surface area contributed by atoms with Gasteiger partial charge in [-0.15, -0.1) is 0 Å². The van der Waals surface area contributed by atoms with E-state index in [1.54, 1.807) is 16.4 Å². The van der Waals surface area contributed by atoms with Gasteiger partial charge in [-0.2, -0.15) is 0 Å². The summed E-state index contributed by atoms with van der Waals surface area (Å²) >= 11 is 0. The van der Waals surface area contributed by atoms with Crippen LogP contribution in [-0.2, 0) is 10.0 Å². The number of hydrogen-bond donors (Lipinski definition) is 0. The second-order valence-corrected chi connectivity index (χ2v) is 11.0. The summed E-state index contributed by atoms with van der Waals surface area (Å²) in [6, 6.07) is 7.28. The van der Waals surface area contributed by atoms with Crippen LogP contribution in [0, 0.1) is 35.5 Å². The number of sulfonamides is 1. The SMILES string of the molecule is CCCC12CN(S(=O)(=O)c3ccc(C)cc3)C=CC1(C1CC1)C2C1CC1. The molecule has 5 rings (SSSR count). The Hall–Kier alpha value is -1.29. The van der Waals surface area contributed by atoms with Gasteiger partial charge in [-0.1, -0.05) is 37.1 Å². The Labute approximate surface area is 157 Å². The molecule has 3 atom stereocenters. The number of aryl methyl sites for hydroxylation is 1. The van der Waals surface area contributed by atoms with Gasteiger partial charge in [0.05, 0.1) is 4.90 Å². The van der Waals surface area contributed by atoms with E-state index in [1.807, 2.05) is 25.3 Å². The van der Waals surface area contributed by atoms with Crippen molar-refractivity contribution in [3.8, 4) is 0 Å². The maximum absolute atomic E-state index is 13.3. The molecule has 3 nitrogen and oxygen atoms in total. The van der Waals surface area contributed by atoms with Gasteiger partial charge in [0.1, 0.15) is 0 Å². The fourth-order valence-corrected chi connectivity index (χ4v) is 7.63. The zero-order chi connectivity index (χ0) is 18.2. The molecule has 3 aliphatic carbocycles. The van der Waals surface area contributed by atoms with Crippen molar-refractivity contribution in [3.63, 3.8) is 0 Å². The van der Waals surface area contributed by atoms with Gasteiger partial charge in [-0.3, -0.25) is 4.31 Å². The lowest BCUT2D eigenvalue weighted by Crippen LogP contribution is -2.38. The van der Waals surface area contributed by atoms with Crippen LogP contribution in [0.2, 0.25) is 0 Å². The molecule has 4 heteroatoms. The van der Waals surface area contributed by atoms with Crippen LogP contribution in [0.5, 0.6) is 0 Å². The molecule has 3 saturated carbocycles. The van der Waals surface area contributed by atoms with E-state index in [0.717, 1.165) is 36.2 Å². The molecule has 0 saturated heterocycles. The Balaban J connectivity index is 1.52. The Bertz CT molecular complexity index is 851. The molecule has 140 valence electrons. The summed E-state index contributed by atoms with van der Waals surface area (Å²) in [5, 5.41) is 0. The fourth-order valence-electron chi connectivity index (χ4n) is 6.26. The highest BCUT2D eigenvalue weighted by atomic mass is 32.2. The van der Waals surface area contributed by atoms with E-state index in [2.05, 4.69) is 13.0 Å². The summed E-state index contributed by atoms with van der Waals surface area (Å²) in [5.41, 5.74) is 1.59. The minimum Gasteiger partial charge on any atom is -0.273 e. The molecule has 0 bridgehead atoms. The van der Waals surface area contributed by atoms with Crippen LogP contribution in [0.1, 0.15) is 51.0 Å². The average molecular weight is 372 g/mol. The number of allylic oxidation sites excluding steroid dienone is 1. The highest BCUT2D eigenvalue weighted by Crippen LogP contribution is 2.85. The van der Waals surface area contributed by atoms with Crippen LogP contribution in [0.15, 0.2) is 41.4 Å². The van der Waals surface area contributed by atoms with Crippen molar-refractivity contribution < 1.29 is 8.42 Å². The van der Waals surface area contributed by atoms with E-state index in [1.165, 1.54) is 25.7 Å². The van der Waals surface area contributed by atoms with Crippen molar-refractivity contribution in [2.75, 3.05) is 6.54 Å².